The highest BCUT2D eigenvalue weighted by Crippen LogP contribution is 2.28. The van der Waals surface area contributed by atoms with E-state index in [0.29, 0.717) is 5.92 Å². The Bertz CT molecular complexity index is 616. The van der Waals surface area contributed by atoms with Crippen LogP contribution in [-0.2, 0) is 6.54 Å². The predicted octanol–water partition coefficient (Wildman–Crippen LogP) is 2.72. The maximum atomic E-state index is 5.34. The van der Waals surface area contributed by atoms with Crippen molar-refractivity contribution in [2.45, 2.75) is 25.8 Å². The van der Waals surface area contributed by atoms with Crippen LogP contribution in [-0.4, -0.2) is 42.2 Å². The molecule has 3 rings (SSSR count). The van der Waals surface area contributed by atoms with Gasteiger partial charge in [-0.2, -0.15) is 0 Å². The summed E-state index contributed by atoms with van der Waals surface area (Å²) in [5, 5.41) is 0. The molecule has 1 unspecified atom stereocenters. The molecule has 1 aromatic carbocycles. The Labute approximate surface area is 131 Å². The molecule has 1 aromatic heterocycles. The normalized spacial score (nSPS) is 18.6. The first kappa shape index (κ1) is 14.9. The Morgan fingerprint density at radius 3 is 2.55 bits per heavy atom. The van der Waals surface area contributed by atoms with Crippen LogP contribution in [0.3, 0.4) is 0 Å². The molecule has 22 heavy (non-hydrogen) atoms. The van der Waals surface area contributed by atoms with Crippen molar-refractivity contribution in [3.63, 3.8) is 0 Å². The van der Waals surface area contributed by atoms with Gasteiger partial charge in [-0.05, 0) is 37.6 Å². The van der Waals surface area contributed by atoms with Gasteiger partial charge in [-0.1, -0.05) is 0 Å². The molecule has 0 spiro atoms. The molecule has 1 fully saturated rings. The third-order valence-electron chi connectivity index (χ3n) is 4.20. The van der Waals surface area contributed by atoms with Gasteiger partial charge in [0.05, 0.1) is 14.2 Å². The van der Waals surface area contributed by atoms with Crippen LogP contribution in [0.15, 0.2) is 24.4 Å². The lowest BCUT2D eigenvalue weighted by Gasteiger charge is -2.17. The van der Waals surface area contributed by atoms with E-state index in [1.165, 1.54) is 5.56 Å². The first-order valence-electron chi connectivity index (χ1n) is 7.63. The van der Waals surface area contributed by atoms with Gasteiger partial charge in [-0.15, -0.1) is 0 Å². The van der Waals surface area contributed by atoms with Crippen LogP contribution >= 0.6 is 0 Å². The number of likely N-dealkylation sites (tertiary alicyclic amines) is 1. The van der Waals surface area contributed by atoms with Crippen LogP contribution in [0.4, 0.5) is 0 Å². The van der Waals surface area contributed by atoms with Crippen LogP contribution in [0.2, 0.25) is 0 Å². The fourth-order valence-electron chi connectivity index (χ4n) is 3.06. The summed E-state index contributed by atoms with van der Waals surface area (Å²) >= 11 is 0. The number of H-pyrrole nitrogens is 1. The predicted molar refractivity (Wildman–Crippen MR) is 85.5 cm³/mol. The van der Waals surface area contributed by atoms with Crippen molar-refractivity contribution >= 4 is 0 Å². The number of nitrogens with one attached hydrogen (secondary N) is 1. The number of aryl methyl sites for hydroxylation is 1. The average Bonchev–Trinajstić information content (AvgIpc) is 3.15. The topological polar surface area (TPSA) is 50.4 Å². The number of hydrogen-bond acceptors (Lipinski definition) is 4. The minimum Gasteiger partial charge on any atom is -0.497 e. The minimum atomic E-state index is 0.501. The number of nitrogens with zero attached hydrogens (tertiary/aromatic N) is 2. The van der Waals surface area contributed by atoms with E-state index in [1.54, 1.807) is 14.2 Å². The molecule has 2 aromatic rings. The second kappa shape index (κ2) is 6.40. The highest BCUT2D eigenvalue weighted by molar-refractivity contribution is 5.38. The summed E-state index contributed by atoms with van der Waals surface area (Å²) in [4.78, 5) is 10.3. The molecule has 1 atom stereocenters. The molecular formula is C17H23N3O2. The molecular weight excluding hydrogens is 278 g/mol. The van der Waals surface area contributed by atoms with Crippen molar-refractivity contribution in [2.75, 3.05) is 27.3 Å². The van der Waals surface area contributed by atoms with Gasteiger partial charge >= 0.3 is 0 Å². The molecule has 2 heterocycles. The van der Waals surface area contributed by atoms with Crippen LogP contribution < -0.4 is 9.47 Å². The van der Waals surface area contributed by atoms with E-state index >= 15 is 0 Å². The fraction of sp³-hybridized carbons (Fsp3) is 0.471. The first-order valence-corrected chi connectivity index (χ1v) is 7.63. The van der Waals surface area contributed by atoms with E-state index in [-0.39, 0.29) is 0 Å². The molecule has 0 saturated carbocycles. The summed E-state index contributed by atoms with van der Waals surface area (Å²) < 4.78 is 10.7. The largest absolute Gasteiger partial charge is 0.497 e. The van der Waals surface area contributed by atoms with Gasteiger partial charge in [-0.3, -0.25) is 4.90 Å². The Kier molecular flexibility index (Phi) is 4.34. The van der Waals surface area contributed by atoms with Gasteiger partial charge in [-0.25, -0.2) is 4.98 Å². The zero-order valence-corrected chi connectivity index (χ0v) is 13.4. The first-order chi connectivity index (χ1) is 10.7. The fourth-order valence-corrected chi connectivity index (χ4v) is 3.06. The maximum Gasteiger partial charge on any atom is 0.122 e. The van der Waals surface area contributed by atoms with E-state index in [2.05, 4.69) is 27.0 Å². The van der Waals surface area contributed by atoms with E-state index in [4.69, 9.17) is 9.47 Å². The van der Waals surface area contributed by atoms with Crippen molar-refractivity contribution < 1.29 is 9.47 Å². The average molecular weight is 301 g/mol. The molecule has 118 valence electrons. The highest BCUT2D eigenvalue weighted by atomic mass is 16.5. The van der Waals surface area contributed by atoms with Crippen molar-refractivity contribution in [1.82, 2.24) is 14.9 Å². The van der Waals surface area contributed by atoms with Crippen LogP contribution in [0.1, 0.15) is 29.4 Å². The molecule has 1 aliphatic heterocycles. The number of ether oxygens (including phenoxy) is 2. The molecule has 1 N–H and O–H groups in total. The number of benzene rings is 1. The molecule has 1 saturated heterocycles. The van der Waals surface area contributed by atoms with Crippen molar-refractivity contribution in [2.24, 2.45) is 0 Å². The highest BCUT2D eigenvalue weighted by Gasteiger charge is 2.25. The molecule has 0 amide bonds. The van der Waals surface area contributed by atoms with Gasteiger partial charge in [0.25, 0.3) is 0 Å². The Morgan fingerprint density at radius 1 is 1.23 bits per heavy atom. The molecule has 0 radical (unpaired) electrons. The zero-order chi connectivity index (χ0) is 15.5. The molecule has 5 heteroatoms. The maximum absolute atomic E-state index is 5.34. The summed E-state index contributed by atoms with van der Waals surface area (Å²) in [5.41, 5.74) is 2.35. The summed E-state index contributed by atoms with van der Waals surface area (Å²) in [5.74, 6) is 3.29. The lowest BCUT2D eigenvalue weighted by Crippen LogP contribution is -2.20. The monoisotopic (exact) mass is 301 g/mol. The smallest absolute Gasteiger partial charge is 0.122 e. The van der Waals surface area contributed by atoms with Crippen molar-refractivity contribution in [3.8, 4) is 11.5 Å². The van der Waals surface area contributed by atoms with Crippen LogP contribution in [0.25, 0.3) is 0 Å². The summed E-state index contributed by atoms with van der Waals surface area (Å²) in [7, 11) is 3.37. The lowest BCUT2D eigenvalue weighted by molar-refractivity contribution is 0.323. The second-order valence-electron chi connectivity index (χ2n) is 5.89. The van der Waals surface area contributed by atoms with E-state index in [9.17, 15) is 0 Å². The second-order valence-corrected chi connectivity index (χ2v) is 5.89. The van der Waals surface area contributed by atoms with E-state index in [0.717, 1.165) is 49.1 Å². The third kappa shape index (κ3) is 3.25. The SMILES string of the molecule is COc1cc(CN2CCC(c3ncc(C)[nH]3)C2)cc(OC)c1. The van der Waals surface area contributed by atoms with Gasteiger partial charge in [0, 0.05) is 37.0 Å². The summed E-state index contributed by atoms with van der Waals surface area (Å²) in [6, 6.07) is 6.06. The summed E-state index contributed by atoms with van der Waals surface area (Å²) in [6.07, 6.45) is 3.05. The standard InChI is InChI=1S/C17H23N3O2/c1-12-9-18-17(19-12)14-4-5-20(11-14)10-13-6-15(21-2)8-16(7-13)22-3/h6-9,14H,4-5,10-11H2,1-3H3,(H,18,19). The number of methoxy groups -OCH3 is 2. The Hall–Kier alpha value is -2.01. The zero-order valence-electron chi connectivity index (χ0n) is 13.4. The number of hydrogen-bond donors (Lipinski definition) is 1. The van der Waals surface area contributed by atoms with Crippen LogP contribution in [0.5, 0.6) is 11.5 Å². The van der Waals surface area contributed by atoms with Crippen molar-refractivity contribution in [1.29, 1.82) is 0 Å². The van der Waals surface area contributed by atoms with Gasteiger partial charge in [0.2, 0.25) is 0 Å². The number of rotatable bonds is 5. The summed E-state index contributed by atoms with van der Waals surface area (Å²) in [6.45, 7) is 5.08. The van der Waals surface area contributed by atoms with Crippen molar-refractivity contribution in [3.05, 3.63) is 41.5 Å². The number of imidazole rings is 1. The Balaban J connectivity index is 1.67. The number of aromatic nitrogens is 2. The minimum absolute atomic E-state index is 0.501. The van der Waals surface area contributed by atoms with Gasteiger partial charge in [0.1, 0.15) is 17.3 Å². The Morgan fingerprint density at radius 2 is 1.95 bits per heavy atom. The van der Waals surface area contributed by atoms with Gasteiger partial charge < -0.3 is 14.5 Å². The third-order valence-corrected chi connectivity index (χ3v) is 4.20. The lowest BCUT2D eigenvalue weighted by atomic mass is 10.1. The molecule has 1 aliphatic rings. The van der Waals surface area contributed by atoms with Crippen LogP contribution in [0, 0.1) is 6.92 Å². The van der Waals surface area contributed by atoms with E-state index in [1.807, 2.05) is 19.2 Å². The quantitative estimate of drug-likeness (QED) is 0.922. The molecule has 0 aliphatic carbocycles. The van der Waals surface area contributed by atoms with Gasteiger partial charge in [0.15, 0.2) is 0 Å². The molecule has 0 bridgehead atoms. The molecule has 5 nitrogen and oxygen atoms in total. The number of aromatic amines is 1. The van der Waals surface area contributed by atoms with E-state index < -0.39 is 0 Å².